The highest BCUT2D eigenvalue weighted by atomic mass is 16.5. The molecule has 1 atom stereocenters. The first-order valence-corrected chi connectivity index (χ1v) is 11.1. The monoisotopic (exact) mass is 422 g/mol. The molecular formula is C25H30N2O4. The Kier molecular flexibility index (Phi) is 6.75. The minimum Gasteiger partial charge on any atom is -0.497 e. The van der Waals surface area contributed by atoms with E-state index in [1.54, 1.807) is 7.11 Å². The summed E-state index contributed by atoms with van der Waals surface area (Å²) in [5.41, 5.74) is 1.39. The molecule has 0 N–H and O–H groups in total. The summed E-state index contributed by atoms with van der Waals surface area (Å²) in [6.07, 6.45) is 4.19. The van der Waals surface area contributed by atoms with E-state index in [9.17, 15) is 9.59 Å². The van der Waals surface area contributed by atoms with Crippen molar-refractivity contribution in [2.45, 2.75) is 25.7 Å². The molecule has 164 valence electrons. The summed E-state index contributed by atoms with van der Waals surface area (Å²) >= 11 is 0. The van der Waals surface area contributed by atoms with E-state index >= 15 is 0 Å². The molecule has 2 aromatic rings. The van der Waals surface area contributed by atoms with Crippen molar-refractivity contribution in [3.63, 3.8) is 0 Å². The van der Waals surface area contributed by atoms with Gasteiger partial charge in [-0.25, -0.2) is 0 Å². The van der Waals surface area contributed by atoms with Crippen LogP contribution < -0.4 is 9.47 Å². The summed E-state index contributed by atoms with van der Waals surface area (Å²) in [5.74, 6) is 1.95. The summed E-state index contributed by atoms with van der Waals surface area (Å²) in [7, 11) is 1.62. The van der Waals surface area contributed by atoms with Crippen LogP contribution in [0.1, 0.15) is 46.4 Å². The van der Waals surface area contributed by atoms with Crippen molar-refractivity contribution >= 4 is 11.8 Å². The molecule has 2 aromatic carbocycles. The highest BCUT2D eigenvalue weighted by Crippen LogP contribution is 2.22. The van der Waals surface area contributed by atoms with Crippen LogP contribution in [0.2, 0.25) is 0 Å². The van der Waals surface area contributed by atoms with Crippen molar-refractivity contribution in [3.05, 3.63) is 59.7 Å². The minimum atomic E-state index is 0.0529. The second-order valence-electron chi connectivity index (χ2n) is 8.32. The summed E-state index contributed by atoms with van der Waals surface area (Å²) < 4.78 is 11.2. The van der Waals surface area contributed by atoms with Gasteiger partial charge in [-0.2, -0.15) is 0 Å². The van der Waals surface area contributed by atoms with Crippen LogP contribution in [0.3, 0.4) is 0 Å². The van der Waals surface area contributed by atoms with Crippen LogP contribution in [-0.2, 0) is 0 Å². The molecule has 0 radical (unpaired) electrons. The van der Waals surface area contributed by atoms with Gasteiger partial charge in [-0.3, -0.25) is 9.59 Å². The van der Waals surface area contributed by atoms with Crippen molar-refractivity contribution in [2.24, 2.45) is 5.92 Å². The van der Waals surface area contributed by atoms with Crippen molar-refractivity contribution in [2.75, 3.05) is 39.9 Å². The Bertz CT molecular complexity index is 889. The predicted octanol–water partition coefficient (Wildman–Crippen LogP) is 3.86. The zero-order chi connectivity index (χ0) is 21.6. The first-order chi connectivity index (χ1) is 15.1. The number of benzene rings is 2. The zero-order valence-corrected chi connectivity index (χ0v) is 18.1. The summed E-state index contributed by atoms with van der Waals surface area (Å²) in [6, 6.07) is 14.7. The Morgan fingerprint density at radius 1 is 0.806 bits per heavy atom. The third-order valence-electron chi connectivity index (χ3n) is 6.12. The smallest absolute Gasteiger partial charge is 0.253 e. The van der Waals surface area contributed by atoms with Crippen LogP contribution in [0.25, 0.3) is 0 Å². The van der Waals surface area contributed by atoms with E-state index in [0.29, 0.717) is 30.2 Å². The summed E-state index contributed by atoms with van der Waals surface area (Å²) in [4.78, 5) is 29.1. The molecule has 0 unspecified atom stereocenters. The average molecular weight is 423 g/mol. The maximum atomic E-state index is 12.8. The quantitative estimate of drug-likeness (QED) is 0.709. The third-order valence-corrected chi connectivity index (χ3v) is 6.12. The first kappa shape index (κ1) is 21.2. The van der Waals surface area contributed by atoms with E-state index in [1.165, 1.54) is 0 Å². The molecule has 2 fully saturated rings. The van der Waals surface area contributed by atoms with Crippen LogP contribution in [0.4, 0.5) is 0 Å². The molecule has 2 aliphatic rings. The van der Waals surface area contributed by atoms with Crippen molar-refractivity contribution in [1.82, 2.24) is 9.80 Å². The number of nitrogens with zero attached hydrogens (tertiary/aromatic N) is 2. The van der Waals surface area contributed by atoms with Crippen molar-refractivity contribution in [3.8, 4) is 11.5 Å². The standard InChI is InChI=1S/C25H30N2O4/c1-30-22-10-6-21(7-11-22)25(29)27-16-4-5-19(17-27)18-31-23-12-8-20(9-13-23)24(28)26-14-2-3-15-26/h6-13,19H,2-5,14-18H2,1H3/t19-/m0/s1. The lowest BCUT2D eigenvalue weighted by Gasteiger charge is -2.32. The number of piperidine rings is 1. The van der Waals surface area contributed by atoms with E-state index in [0.717, 1.165) is 56.8 Å². The van der Waals surface area contributed by atoms with E-state index < -0.39 is 0 Å². The van der Waals surface area contributed by atoms with Crippen LogP contribution in [-0.4, -0.2) is 61.5 Å². The number of amides is 2. The number of ether oxygens (including phenoxy) is 2. The molecule has 2 aliphatic heterocycles. The Labute approximate surface area is 183 Å². The van der Waals surface area contributed by atoms with Gasteiger partial charge >= 0.3 is 0 Å². The van der Waals surface area contributed by atoms with Crippen LogP contribution in [0.15, 0.2) is 48.5 Å². The number of carbonyl (C=O) groups is 2. The fourth-order valence-corrected chi connectivity index (χ4v) is 4.31. The summed E-state index contributed by atoms with van der Waals surface area (Å²) in [6.45, 7) is 3.73. The SMILES string of the molecule is COc1ccc(C(=O)N2CCC[C@H](COc3ccc(C(=O)N4CCCC4)cc3)C2)cc1. The third kappa shape index (κ3) is 5.19. The molecule has 2 heterocycles. The van der Waals surface area contributed by atoms with E-state index in [-0.39, 0.29) is 11.8 Å². The van der Waals surface area contributed by atoms with Gasteiger partial charge in [0.15, 0.2) is 0 Å². The minimum absolute atomic E-state index is 0.0529. The average Bonchev–Trinajstić information content (AvgIpc) is 3.37. The van der Waals surface area contributed by atoms with E-state index in [4.69, 9.17) is 9.47 Å². The molecule has 0 aromatic heterocycles. The highest BCUT2D eigenvalue weighted by Gasteiger charge is 2.25. The molecule has 6 heteroatoms. The topological polar surface area (TPSA) is 59.1 Å². The number of methoxy groups -OCH3 is 1. The second-order valence-corrected chi connectivity index (χ2v) is 8.32. The molecule has 6 nitrogen and oxygen atoms in total. The van der Waals surface area contributed by atoms with Crippen molar-refractivity contribution < 1.29 is 19.1 Å². The number of rotatable bonds is 6. The lowest BCUT2D eigenvalue weighted by molar-refractivity contribution is 0.0633. The van der Waals surface area contributed by atoms with Gasteiger partial charge in [0, 0.05) is 43.2 Å². The Hall–Kier alpha value is -3.02. The van der Waals surface area contributed by atoms with Gasteiger partial charge in [-0.15, -0.1) is 0 Å². The number of hydrogen-bond acceptors (Lipinski definition) is 4. The normalized spacial score (nSPS) is 18.7. The van der Waals surface area contributed by atoms with Crippen LogP contribution >= 0.6 is 0 Å². The molecule has 0 spiro atoms. The van der Waals surface area contributed by atoms with E-state index in [2.05, 4.69) is 0 Å². The molecule has 4 rings (SSSR count). The lowest BCUT2D eigenvalue weighted by atomic mass is 9.98. The Balaban J connectivity index is 1.29. The van der Waals surface area contributed by atoms with Crippen molar-refractivity contribution in [1.29, 1.82) is 0 Å². The summed E-state index contributed by atoms with van der Waals surface area (Å²) in [5, 5.41) is 0. The van der Waals surface area contributed by atoms with Gasteiger partial charge in [0.25, 0.3) is 11.8 Å². The number of likely N-dealkylation sites (tertiary alicyclic amines) is 2. The Morgan fingerprint density at radius 2 is 1.35 bits per heavy atom. The van der Waals surface area contributed by atoms with Gasteiger partial charge in [-0.1, -0.05) is 0 Å². The second kappa shape index (κ2) is 9.86. The van der Waals surface area contributed by atoms with Gasteiger partial charge in [0.1, 0.15) is 11.5 Å². The lowest BCUT2D eigenvalue weighted by Crippen LogP contribution is -2.41. The van der Waals surface area contributed by atoms with Gasteiger partial charge < -0.3 is 19.3 Å². The molecule has 0 bridgehead atoms. The zero-order valence-electron chi connectivity index (χ0n) is 18.1. The predicted molar refractivity (Wildman–Crippen MR) is 119 cm³/mol. The maximum absolute atomic E-state index is 12.8. The van der Waals surface area contributed by atoms with Gasteiger partial charge in [-0.05, 0) is 74.2 Å². The van der Waals surface area contributed by atoms with Gasteiger partial charge in [0.2, 0.25) is 0 Å². The first-order valence-electron chi connectivity index (χ1n) is 11.1. The largest absolute Gasteiger partial charge is 0.497 e. The number of carbonyl (C=O) groups excluding carboxylic acids is 2. The molecule has 2 amide bonds. The molecule has 0 saturated carbocycles. The number of hydrogen-bond donors (Lipinski definition) is 0. The molecular weight excluding hydrogens is 392 g/mol. The molecule has 0 aliphatic carbocycles. The van der Waals surface area contributed by atoms with Crippen LogP contribution in [0.5, 0.6) is 11.5 Å². The molecule has 2 saturated heterocycles. The van der Waals surface area contributed by atoms with Gasteiger partial charge in [0.05, 0.1) is 13.7 Å². The fourth-order valence-electron chi connectivity index (χ4n) is 4.31. The Morgan fingerprint density at radius 3 is 1.97 bits per heavy atom. The van der Waals surface area contributed by atoms with Crippen LogP contribution in [0, 0.1) is 5.92 Å². The molecule has 31 heavy (non-hydrogen) atoms. The highest BCUT2D eigenvalue weighted by molar-refractivity contribution is 5.95. The maximum Gasteiger partial charge on any atom is 0.253 e. The van der Waals surface area contributed by atoms with E-state index in [1.807, 2.05) is 58.3 Å². The fraction of sp³-hybridized carbons (Fsp3) is 0.440.